The zero-order valence-corrected chi connectivity index (χ0v) is 12.7. The van der Waals surface area contributed by atoms with Crippen molar-refractivity contribution >= 4 is 39.0 Å². The highest BCUT2D eigenvalue weighted by Crippen LogP contribution is 2.26. The van der Waals surface area contributed by atoms with E-state index in [2.05, 4.69) is 61.0 Å². The van der Waals surface area contributed by atoms with Crippen molar-refractivity contribution in [2.45, 2.75) is 19.9 Å². The maximum absolute atomic E-state index is 4.44. The summed E-state index contributed by atoms with van der Waals surface area (Å²) in [4.78, 5) is 9.91. The fraction of sp³-hybridized carbons (Fsp3) is 0.333. The number of halogens is 1. The van der Waals surface area contributed by atoms with Crippen LogP contribution in [0.25, 0.3) is 0 Å². The molecule has 0 amide bonds. The number of thiophene rings is 1. The molecule has 0 fully saturated rings. The van der Waals surface area contributed by atoms with Crippen LogP contribution in [0.4, 0.5) is 11.8 Å². The summed E-state index contributed by atoms with van der Waals surface area (Å²) in [7, 11) is 0. The summed E-state index contributed by atoms with van der Waals surface area (Å²) >= 11 is 5.20. The van der Waals surface area contributed by atoms with Gasteiger partial charge in [-0.1, -0.05) is 6.07 Å². The molecule has 0 saturated carbocycles. The molecule has 0 aliphatic heterocycles. The Morgan fingerprint density at radius 2 is 2.33 bits per heavy atom. The van der Waals surface area contributed by atoms with Gasteiger partial charge < -0.3 is 10.6 Å². The quantitative estimate of drug-likeness (QED) is 0.874. The summed E-state index contributed by atoms with van der Waals surface area (Å²) in [5.74, 6) is 1.45. The number of rotatable bonds is 5. The van der Waals surface area contributed by atoms with Gasteiger partial charge in [-0.15, -0.1) is 11.3 Å². The molecule has 2 rings (SSSR count). The van der Waals surface area contributed by atoms with Crippen LogP contribution in [0, 0.1) is 0 Å². The minimum atomic E-state index is 0.227. The Bertz CT molecular complexity index is 501. The fourth-order valence-corrected chi connectivity index (χ4v) is 2.57. The highest BCUT2D eigenvalue weighted by molar-refractivity contribution is 9.10. The van der Waals surface area contributed by atoms with Crippen molar-refractivity contribution in [1.82, 2.24) is 9.97 Å². The van der Waals surface area contributed by atoms with Crippen molar-refractivity contribution in [3.05, 3.63) is 33.1 Å². The van der Waals surface area contributed by atoms with Gasteiger partial charge >= 0.3 is 0 Å². The number of nitrogens with zero attached hydrogens (tertiary/aromatic N) is 2. The van der Waals surface area contributed by atoms with Crippen molar-refractivity contribution in [3.63, 3.8) is 0 Å². The van der Waals surface area contributed by atoms with Crippen LogP contribution in [0.2, 0.25) is 0 Å². The second kappa shape index (κ2) is 6.15. The molecule has 1 atom stereocenters. The molecule has 0 saturated heterocycles. The van der Waals surface area contributed by atoms with E-state index in [1.807, 2.05) is 6.92 Å². The second-order valence-corrected chi connectivity index (χ2v) is 5.64. The van der Waals surface area contributed by atoms with Gasteiger partial charge in [0.1, 0.15) is 5.82 Å². The van der Waals surface area contributed by atoms with Crippen LogP contribution in [0.15, 0.2) is 28.2 Å². The molecular weight excluding hydrogens is 312 g/mol. The second-order valence-electron chi connectivity index (χ2n) is 3.80. The van der Waals surface area contributed by atoms with Gasteiger partial charge in [0, 0.05) is 17.6 Å². The molecule has 0 aliphatic carbocycles. The van der Waals surface area contributed by atoms with Crippen molar-refractivity contribution in [3.8, 4) is 0 Å². The summed E-state index contributed by atoms with van der Waals surface area (Å²) in [5, 5.41) is 8.56. The first-order valence-electron chi connectivity index (χ1n) is 5.77. The van der Waals surface area contributed by atoms with E-state index in [1.165, 1.54) is 4.88 Å². The lowest BCUT2D eigenvalue weighted by atomic mass is 10.3. The molecule has 2 aromatic heterocycles. The topological polar surface area (TPSA) is 49.8 Å². The molecule has 2 N–H and O–H groups in total. The first-order valence-corrected chi connectivity index (χ1v) is 7.44. The fourth-order valence-electron chi connectivity index (χ4n) is 1.53. The molecule has 0 bridgehead atoms. The van der Waals surface area contributed by atoms with E-state index in [4.69, 9.17) is 0 Å². The molecule has 0 radical (unpaired) electrons. The third-order valence-corrected chi connectivity index (χ3v) is 4.04. The van der Waals surface area contributed by atoms with Gasteiger partial charge in [-0.05, 0) is 41.2 Å². The molecule has 0 aromatic carbocycles. The number of nitrogens with one attached hydrogen (secondary N) is 2. The number of anilines is 2. The predicted molar refractivity (Wildman–Crippen MR) is 80.3 cm³/mol. The zero-order chi connectivity index (χ0) is 13.0. The Kier molecular flexibility index (Phi) is 4.54. The van der Waals surface area contributed by atoms with Gasteiger partial charge in [0.2, 0.25) is 5.95 Å². The van der Waals surface area contributed by atoms with Crippen molar-refractivity contribution in [2.75, 3.05) is 17.2 Å². The Morgan fingerprint density at radius 3 is 3.00 bits per heavy atom. The summed E-state index contributed by atoms with van der Waals surface area (Å²) in [5.41, 5.74) is 0. The van der Waals surface area contributed by atoms with Crippen LogP contribution in [0.5, 0.6) is 0 Å². The van der Waals surface area contributed by atoms with E-state index in [0.717, 1.165) is 16.8 Å². The third kappa shape index (κ3) is 3.20. The van der Waals surface area contributed by atoms with E-state index in [1.54, 1.807) is 17.5 Å². The summed E-state index contributed by atoms with van der Waals surface area (Å²) in [6.07, 6.45) is 1.76. The first kappa shape index (κ1) is 13.3. The lowest BCUT2D eigenvalue weighted by Crippen LogP contribution is -2.09. The molecule has 1 unspecified atom stereocenters. The molecule has 4 nitrogen and oxygen atoms in total. The third-order valence-electron chi connectivity index (χ3n) is 2.40. The molecule has 2 heterocycles. The Balaban J connectivity index is 2.15. The molecule has 18 heavy (non-hydrogen) atoms. The lowest BCUT2D eigenvalue weighted by Gasteiger charge is -2.14. The van der Waals surface area contributed by atoms with Crippen LogP contribution in [0.3, 0.4) is 0 Å². The highest BCUT2D eigenvalue weighted by Gasteiger charge is 2.10. The first-order chi connectivity index (χ1) is 8.70. The zero-order valence-electron chi connectivity index (χ0n) is 10.3. The number of aromatic nitrogens is 2. The maximum Gasteiger partial charge on any atom is 0.224 e. The summed E-state index contributed by atoms with van der Waals surface area (Å²) in [6, 6.07) is 4.39. The SMILES string of the molecule is CCNc1ncc(Br)c(NC(C)c2cccs2)n1. The van der Waals surface area contributed by atoms with E-state index in [9.17, 15) is 0 Å². The Morgan fingerprint density at radius 1 is 1.50 bits per heavy atom. The Labute approximate surface area is 119 Å². The van der Waals surface area contributed by atoms with E-state index >= 15 is 0 Å². The highest BCUT2D eigenvalue weighted by atomic mass is 79.9. The van der Waals surface area contributed by atoms with Crippen LogP contribution in [-0.4, -0.2) is 16.5 Å². The van der Waals surface area contributed by atoms with Crippen molar-refractivity contribution < 1.29 is 0 Å². The monoisotopic (exact) mass is 326 g/mol. The van der Waals surface area contributed by atoms with Gasteiger partial charge in [-0.25, -0.2) is 4.98 Å². The van der Waals surface area contributed by atoms with Crippen LogP contribution in [-0.2, 0) is 0 Å². The standard InChI is InChI=1S/C12H15BrN4S/c1-3-14-12-15-7-9(13)11(17-12)16-8(2)10-5-4-6-18-10/h4-8H,3H2,1-2H3,(H2,14,15,16,17). The Hall–Kier alpha value is -1.14. The average Bonchev–Trinajstić information content (AvgIpc) is 2.87. The molecular formula is C12H15BrN4S. The molecule has 0 spiro atoms. The minimum absolute atomic E-state index is 0.227. The van der Waals surface area contributed by atoms with Gasteiger partial charge in [0.05, 0.1) is 10.5 Å². The van der Waals surface area contributed by atoms with E-state index < -0.39 is 0 Å². The van der Waals surface area contributed by atoms with Gasteiger partial charge in [-0.3, -0.25) is 0 Å². The van der Waals surface area contributed by atoms with Crippen LogP contribution >= 0.6 is 27.3 Å². The number of hydrogen-bond donors (Lipinski definition) is 2. The maximum atomic E-state index is 4.44. The van der Waals surface area contributed by atoms with Gasteiger partial charge in [0.25, 0.3) is 0 Å². The summed E-state index contributed by atoms with van der Waals surface area (Å²) < 4.78 is 0.868. The molecule has 2 aromatic rings. The van der Waals surface area contributed by atoms with Gasteiger partial charge in [0.15, 0.2) is 0 Å². The lowest BCUT2D eigenvalue weighted by molar-refractivity contribution is 0.890. The van der Waals surface area contributed by atoms with Crippen LogP contribution in [0.1, 0.15) is 24.8 Å². The van der Waals surface area contributed by atoms with Crippen LogP contribution < -0.4 is 10.6 Å². The van der Waals surface area contributed by atoms with Crippen molar-refractivity contribution in [1.29, 1.82) is 0 Å². The summed E-state index contributed by atoms with van der Waals surface area (Å²) in [6.45, 7) is 4.95. The number of hydrogen-bond acceptors (Lipinski definition) is 5. The molecule has 96 valence electrons. The largest absolute Gasteiger partial charge is 0.362 e. The molecule has 6 heteroatoms. The van der Waals surface area contributed by atoms with E-state index in [-0.39, 0.29) is 6.04 Å². The predicted octanol–water partition coefficient (Wildman–Crippen LogP) is 3.91. The van der Waals surface area contributed by atoms with Crippen molar-refractivity contribution in [2.24, 2.45) is 0 Å². The average molecular weight is 327 g/mol. The minimum Gasteiger partial charge on any atom is -0.362 e. The van der Waals surface area contributed by atoms with E-state index in [0.29, 0.717) is 5.95 Å². The molecule has 0 aliphatic rings. The van der Waals surface area contributed by atoms with Gasteiger partial charge in [-0.2, -0.15) is 4.98 Å². The normalized spacial score (nSPS) is 12.2. The smallest absolute Gasteiger partial charge is 0.224 e.